The van der Waals surface area contributed by atoms with Crippen LogP contribution < -0.4 is 0 Å². The SMILES string of the molecule is C1CC[C@H]2Sc3nnc([C@@H]4CCCO4)n3N=C2C1. The van der Waals surface area contributed by atoms with E-state index in [-0.39, 0.29) is 6.10 Å². The number of fused-ring (bicyclic) bond motifs is 2. The Labute approximate surface area is 110 Å². The maximum atomic E-state index is 5.70. The highest BCUT2D eigenvalue weighted by atomic mass is 32.2. The zero-order valence-electron chi connectivity index (χ0n) is 10.2. The van der Waals surface area contributed by atoms with Gasteiger partial charge in [0.2, 0.25) is 5.16 Å². The lowest BCUT2D eigenvalue weighted by atomic mass is 9.98. The van der Waals surface area contributed by atoms with Crippen LogP contribution in [0, 0.1) is 0 Å². The van der Waals surface area contributed by atoms with Crippen molar-refractivity contribution in [3.05, 3.63) is 5.82 Å². The zero-order chi connectivity index (χ0) is 11.9. The first-order chi connectivity index (χ1) is 8.92. The highest BCUT2D eigenvalue weighted by Gasteiger charge is 2.32. The smallest absolute Gasteiger partial charge is 0.212 e. The van der Waals surface area contributed by atoms with E-state index in [0.717, 1.165) is 36.9 Å². The third kappa shape index (κ3) is 1.70. The number of ether oxygens (including phenoxy) is 1. The van der Waals surface area contributed by atoms with Crippen LogP contribution in [0.15, 0.2) is 10.3 Å². The van der Waals surface area contributed by atoms with E-state index < -0.39 is 0 Å². The molecule has 5 nitrogen and oxygen atoms in total. The van der Waals surface area contributed by atoms with E-state index in [9.17, 15) is 0 Å². The zero-order valence-corrected chi connectivity index (χ0v) is 11.0. The second-order valence-electron chi connectivity index (χ2n) is 5.10. The van der Waals surface area contributed by atoms with Gasteiger partial charge in [0.1, 0.15) is 6.10 Å². The van der Waals surface area contributed by atoms with E-state index in [1.54, 1.807) is 0 Å². The number of hydrogen-bond donors (Lipinski definition) is 0. The van der Waals surface area contributed by atoms with Gasteiger partial charge in [-0.2, -0.15) is 9.78 Å². The van der Waals surface area contributed by atoms with Gasteiger partial charge in [-0.05, 0) is 32.1 Å². The minimum atomic E-state index is 0.0938. The monoisotopic (exact) mass is 264 g/mol. The quantitative estimate of drug-likeness (QED) is 0.781. The molecule has 0 N–H and O–H groups in total. The normalized spacial score (nSPS) is 30.8. The third-order valence-corrected chi connectivity index (χ3v) is 5.11. The molecular weight excluding hydrogens is 248 g/mol. The molecule has 4 rings (SSSR count). The maximum absolute atomic E-state index is 5.70. The van der Waals surface area contributed by atoms with Crippen molar-refractivity contribution in [2.75, 3.05) is 6.61 Å². The standard InChI is InChI=1S/C12H16N4OS/c1-2-6-10-8(4-1)15-16-11(9-5-3-7-17-9)13-14-12(16)18-10/h9-10H,1-7H2/t9-,10+/m0/s1. The Kier molecular flexibility index (Phi) is 2.65. The summed E-state index contributed by atoms with van der Waals surface area (Å²) in [6.45, 7) is 0.833. The number of thioether (sulfide) groups is 1. The lowest BCUT2D eigenvalue weighted by molar-refractivity contribution is 0.102. The number of hydrogen-bond acceptors (Lipinski definition) is 5. The van der Waals surface area contributed by atoms with Crippen molar-refractivity contribution in [3.63, 3.8) is 0 Å². The van der Waals surface area contributed by atoms with Crippen LogP contribution in [0.3, 0.4) is 0 Å². The van der Waals surface area contributed by atoms with Gasteiger partial charge in [-0.15, -0.1) is 10.2 Å². The van der Waals surface area contributed by atoms with Gasteiger partial charge in [-0.1, -0.05) is 18.2 Å². The first-order valence-electron chi connectivity index (χ1n) is 6.73. The van der Waals surface area contributed by atoms with E-state index >= 15 is 0 Å². The first-order valence-corrected chi connectivity index (χ1v) is 7.61. The molecule has 2 aliphatic heterocycles. The van der Waals surface area contributed by atoms with Crippen molar-refractivity contribution in [2.45, 2.75) is 55.0 Å². The summed E-state index contributed by atoms with van der Waals surface area (Å²) in [6.07, 6.45) is 7.17. The molecule has 1 saturated carbocycles. The van der Waals surface area contributed by atoms with Crippen LogP contribution >= 0.6 is 11.8 Å². The number of aromatic nitrogens is 3. The second kappa shape index (κ2) is 4.35. The second-order valence-corrected chi connectivity index (χ2v) is 6.27. The van der Waals surface area contributed by atoms with Gasteiger partial charge >= 0.3 is 0 Å². The lowest BCUT2D eigenvalue weighted by Crippen LogP contribution is -2.27. The van der Waals surface area contributed by atoms with Crippen molar-refractivity contribution in [1.29, 1.82) is 0 Å². The van der Waals surface area contributed by atoms with E-state index in [2.05, 4.69) is 10.2 Å². The van der Waals surface area contributed by atoms with Crippen molar-refractivity contribution >= 4 is 17.5 Å². The fourth-order valence-electron chi connectivity index (χ4n) is 2.89. The van der Waals surface area contributed by atoms with Crippen LogP contribution in [-0.2, 0) is 4.74 Å². The van der Waals surface area contributed by atoms with Crippen molar-refractivity contribution in [3.8, 4) is 0 Å². The van der Waals surface area contributed by atoms with Crippen LogP contribution in [0.5, 0.6) is 0 Å². The molecule has 2 atom stereocenters. The summed E-state index contributed by atoms with van der Waals surface area (Å²) in [5, 5.41) is 14.8. The van der Waals surface area contributed by atoms with E-state index in [4.69, 9.17) is 9.84 Å². The molecule has 0 aromatic carbocycles. The molecule has 1 saturated heterocycles. The minimum Gasteiger partial charge on any atom is -0.370 e. The predicted octanol–water partition coefficient (Wildman–Crippen LogP) is 2.38. The Balaban J connectivity index is 1.71. The number of nitrogens with zero attached hydrogens (tertiary/aromatic N) is 4. The summed E-state index contributed by atoms with van der Waals surface area (Å²) in [5.74, 6) is 0.895. The molecule has 3 heterocycles. The molecular formula is C12H16N4OS. The molecule has 0 bridgehead atoms. The molecule has 18 heavy (non-hydrogen) atoms. The van der Waals surface area contributed by atoms with Crippen LogP contribution in [-0.4, -0.2) is 32.4 Å². The molecule has 96 valence electrons. The average Bonchev–Trinajstić information content (AvgIpc) is 3.04. The van der Waals surface area contributed by atoms with Crippen LogP contribution in [0.25, 0.3) is 0 Å². The molecule has 6 heteroatoms. The third-order valence-electron chi connectivity index (χ3n) is 3.85. The molecule has 1 aromatic rings. The number of rotatable bonds is 1. The summed E-state index contributed by atoms with van der Waals surface area (Å²) in [6, 6.07) is 0. The Morgan fingerprint density at radius 3 is 3.06 bits per heavy atom. The summed E-state index contributed by atoms with van der Waals surface area (Å²) >= 11 is 1.82. The average molecular weight is 264 g/mol. The molecule has 1 aromatic heterocycles. The van der Waals surface area contributed by atoms with Gasteiger partial charge in [0.05, 0.1) is 11.0 Å². The molecule has 0 radical (unpaired) electrons. The minimum absolute atomic E-state index is 0.0938. The molecule has 1 aliphatic carbocycles. The molecule has 3 aliphatic rings. The fraction of sp³-hybridized carbons (Fsp3) is 0.750. The van der Waals surface area contributed by atoms with Crippen molar-refractivity contribution < 1.29 is 4.74 Å². The largest absolute Gasteiger partial charge is 0.370 e. The first kappa shape index (κ1) is 11.0. The van der Waals surface area contributed by atoms with E-state index in [0.29, 0.717) is 5.25 Å². The highest BCUT2D eigenvalue weighted by molar-refractivity contribution is 8.00. The van der Waals surface area contributed by atoms with Gasteiger partial charge in [0.15, 0.2) is 5.82 Å². The molecule has 0 spiro atoms. The summed E-state index contributed by atoms with van der Waals surface area (Å²) in [5.41, 5.74) is 1.32. The molecule has 2 fully saturated rings. The van der Waals surface area contributed by atoms with Crippen LogP contribution in [0.4, 0.5) is 0 Å². The van der Waals surface area contributed by atoms with Gasteiger partial charge in [-0.25, -0.2) is 0 Å². The van der Waals surface area contributed by atoms with Crippen LogP contribution in [0.1, 0.15) is 50.5 Å². The lowest BCUT2D eigenvalue weighted by Gasteiger charge is -2.26. The summed E-state index contributed by atoms with van der Waals surface area (Å²) < 4.78 is 7.63. The highest BCUT2D eigenvalue weighted by Crippen LogP contribution is 2.37. The Morgan fingerprint density at radius 2 is 2.17 bits per heavy atom. The fourth-order valence-corrected chi connectivity index (χ4v) is 4.05. The predicted molar refractivity (Wildman–Crippen MR) is 68.9 cm³/mol. The van der Waals surface area contributed by atoms with Gasteiger partial charge in [0.25, 0.3) is 0 Å². The Hall–Kier alpha value is -0.880. The summed E-state index contributed by atoms with van der Waals surface area (Å²) in [4.78, 5) is 0. The van der Waals surface area contributed by atoms with E-state index in [1.165, 1.54) is 25.0 Å². The van der Waals surface area contributed by atoms with Gasteiger partial charge in [-0.3, -0.25) is 0 Å². The van der Waals surface area contributed by atoms with Gasteiger partial charge in [0, 0.05) is 6.61 Å². The topological polar surface area (TPSA) is 52.3 Å². The van der Waals surface area contributed by atoms with E-state index in [1.807, 2.05) is 16.4 Å². The maximum Gasteiger partial charge on any atom is 0.212 e. The Morgan fingerprint density at radius 1 is 1.17 bits per heavy atom. The Bertz CT molecular complexity index is 492. The molecule has 0 unspecified atom stereocenters. The van der Waals surface area contributed by atoms with Gasteiger partial charge < -0.3 is 4.74 Å². The van der Waals surface area contributed by atoms with Crippen molar-refractivity contribution in [1.82, 2.24) is 14.9 Å². The van der Waals surface area contributed by atoms with Crippen LogP contribution in [0.2, 0.25) is 0 Å². The molecule has 0 amide bonds. The van der Waals surface area contributed by atoms with Crippen molar-refractivity contribution in [2.24, 2.45) is 5.10 Å². The summed E-state index contributed by atoms with van der Waals surface area (Å²) in [7, 11) is 0.